The third-order valence-corrected chi connectivity index (χ3v) is 2.68. The first kappa shape index (κ1) is 16.0. The molecule has 0 atom stereocenters. The number of aldehydes is 1. The standard InChI is InChI=1S/C15H20O5/c1-3-19-15(17)6-4-5-9-20-14-8-7-13(18-2)10-12(14)11-16/h7-8,10-11H,3-6,9H2,1-2H3. The summed E-state index contributed by atoms with van der Waals surface area (Å²) in [4.78, 5) is 22.1. The molecule has 1 aromatic carbocycles. The average molecular weight is 280 g/mol. The molecule has 110 valence electrons. The molecule has 0 bridgehead atoms. The number of rotatable bonds is 9. The Balaban J connectivity index is 2.35. The van der Waals surface area contributed by atoms with Crippen LogP contribution in [0.1, 0.15) is 36.5 Å². The predicted octanol–water partition coefficient (Wildman–Crippen LogP) is 2.62. The van der Waals surface area contributed by atoms with Gasteiger partial charge in [0, 0.05) is 6.42 Å². The van der Waals surface area contributed by atoms with Crippen LogP contribution in [-0.4, -0.2) is 32.6 Å². The summed E-state index contributed by atoms with van der Waals surface area (Å²) in [5.41, 5.74) is 0.453. The lowest BCUT2D eigenvalue weighted by atomic mass is 10.2. The Hall–Kier alpha value is -2.04. The van der Waals surface area contributed by atoms with Crippen LogP contribution in [-0.2, 0) is 9.53 Å². The number of esters is 1. The molecule has 0 saturated carbocycles. The molecule has 1 aromatic rings. The van der Waals surface area contributed by atoms with Gasteiger partial charge >= 0.3 is 5.97 Å². The van der Waals surface area contributed by atoms with Crippen molar-refractivity contribution in [3.8, 4) is 11.5 Å². The van der Waals surface area contributed by atoms with E-state index in [1.54, 1.807) is 32.2 Å². The summed E-state index contributed by atoms with van der Waals surface area (Å²) in [5, 5.41) is 0. The van der Waals surface area contributed by atoms with Crippen LogP contribution in [0.2, 0.25) is 0 Å². The van der Waals surface area contributed by atoms with Gasteiger partial charge in [0.1, 0.15) is 11.5 Å². The van der Waals surface area contributed by atoms with E-state index in [-0.39, 0.29) is 5.97 Å². The van der Waals surface area contributed by atoms with Crippen molar-refractivity contribution in [2.24, 2.45) is 0 Å². The maximum Gasteiger partial charge on any atom is 0.305 e. The van der Waals surface area contributed by atoms with Crippen molar-refractivity contribution < 1.29 is 23.8 Å². The Morgan fingerprint density at radius 2 is 2.10 bits per heavy atom. The number of unbranched alkanes of at least 4 members (excludes halogenated alkanes) is 1. The maximum atomic E-state index is 11.1. The van der Waals surface area contributed by atoms with Crippen molar-refractivity contribution in [1.29, 1.82) is 0 Å². The number of hydrogen-bond donors (Lipinski definition) is 0. The first-order chi connectivity index (χ1) is 9.71. The van der Waals surface area contributed by atoms with Gasteiger partial charge in [-0.1, -0.05) is 0 Å². The van der Waals surface area contributed by atoms with E-state index < -0.39 is 0 Å². The van der Waals surface area contributed by atoms with Gasteiger partial charge in [-0.15, -0.1) is 0 Å². The fourth-order valence-electron chi connectivity index (χ4n) is 1.66. The SMILES string of the molecule is CCOC(=O)CCCCOc1ccc(OC)cc1C=O. The molecule has 0 aliphatic heterocycles. The van der Waals surface area contributed by atoms with Crippen LogP contribution in [0, 0.1) is 0 Å². The largest absolute Gasteiger partial charge is 0.497 e. The van der Waals surface area contributed by atoms with Crippen LogP contribution < -0.4 is 9.47 Å². The summed E-state index contributed by atoms with van der Waals surface area (Å²) in [6, 6.07) is 5.07. The highest BCUT2D eigenvalue weighted by atomic mass is 16.5. The van der Waals surface area contributed by atoms with Crippen LogP contribution in [0.25, 0.3) is 0 Å². The van der Waals surface area contributed by atoms with Crippen molar-refractivity contribution in [3.63, 3.8) is 0 Å². The lowest BCUT2D eigenvalue weighted by molar-refractivity contribution is -0.143. The summed E-state index contributed by atoms with van der Waals surface area (Å²) in [6.45, 7) is 2.64. The highest BCUT2D eigenvalue weighted by molar-refractivity contribution is 5.80. The highest BCUT2D eigenvalue weighted by Crippen LogP contribution is 2.22. The third kappa shape index (κ3) is 5.30. The van der Waals surface area contributed by atoms with E-state index in [1.165, 1.54) is 0 Å². The van der Waals surface area contributed by atoms with Crippen LogP contribution in [0.4, 0.5) is 0 Å². The zero-order chi connectivity index (χ0) is 14.8. The summed E-state index contributed by atoms with van der Waals surface area (Å²) in [7, 11) is 1.54. The molecule has 0 saturated heterocycles. The quantitative estimate of drug-likeness (QED) is 0.395. The summed E-state index contributed by atoms with van der Waals surface area (Å²) in [6.07, 6.45) is 2.55. The Morgan fingerprint density at radius 3 is 2.75 bits per heavy atom. The van der Waals surface area contributed by atoms with Gasteiger partial charge in [-0.2, -0.15) is 0 Å². The number of ether oxygens (including phenoxy) is 3. The Bertz CT molecular complexity index is 442. The molecular weight excluding hydrogens is 260 g/mol. The summed E-state index contributed by atoms with van der Waals surface area (Å²) >= 11 is 0. The molecule has 5 nitrogen and oxygen atoms in total. The van der Waals surface area contributed by atoms with Crippen molar-refractivity contribution in [3.05, 3.63) is 23.8 Å². The lowest BCUT2D eigenvalue weighted by Gasteiger charge is -2.09. The summed E-state index contributed by atoms with van der Waals surface area (Å²) in [5.74, 6) is 0.948. The number of carbonyl (C=O) groups is 2. The number of carbonyl (C=O) groups excluding carboxylic acids is 2. The molecule has 0 unspecified atom stereocenters. The molecule has 0 aliphatic carbocycles. The van der Waals surface area contributed by atoms with E-state index >= 15 is 0 Å². The maximum absolute atomic E-state index is 11.1. The van der Waals surface area contributed by atoms with Crippen LogP contribution in [0.15, 0.2) is 18.2 Å². The van der Waals surface area contributed by atoms with Gasteiger partial charge in [0.2, 0.25) is 0 Å². The molecule has 0 N–H and O–H groups in total. The minimum absolute atomic E-state index is 0.189. The van der Waals surface area contributed by atoms with Crippen LogP contribution in [0.3, 0.4) is 0 Å². The number of benzene rings is 1. The average Bonchev–Trinajstić information content (AvgIpc) is 2.47. The van der Waals surface area contributed by atoms with Gasteiger partial charge < -0.3 is 14.2 Å². The molecule has 0 amide bonds. The molecule has 5 heteroatoms. The van der Waals surface area contributed by atoms with Gasteiger partial charge in [0.25, 0.3) is 0 Å². The first-order valence-corrected chi connectivity index (χ1v) is 6.63. The van der Waals surface area contributed by atoms with E-state index in [0.29, 0.717) is 43.1 Å². The van der Waals surface area contributed by atoms with Gasteiger partial charge in [-0.05, 0) is 38.0 Å². The van der Waals surface area contributed by atoms with Gasteiger partial charge in [0.05, 0.1) is 25.9 Å². The second-order valence-corrected chi connectivity index (χ2v) is 4.13. The lowest BCUT2D eigenvalue weighted by Crippen LogP contribution is -2.05. The molecule has 1 rings (SSSR count). The fraction of sp³-hybridized carbons (Fsp3) is 0.467. The van der Waals surface area contributed by atoms with Crippen molar-refractivity contribution >= 4 is 12.3 Å². The molecule has 0 aliphatic rings. The Labute approximate surface area is 118 Å². The Kier molecular flexibility index (Phi) is 7.17. The monoisotopic (exact) mass is 280 g/mol. The topological polar surface area (TPSA) is 61.8 Å². The number of methoxy groups -OCH3 is 1. The summed E-state index contributed by atoms with van der Waals surface area (Å²) < 4.78 is 15.4. The molecule has 0 aromatic heterocycles. The van der Waals surface area contributed by atoms with Gasteiger partial charge in [-0.25, -0.2) is 0 Å². The zero-order valence-electron chi connectivity index (χ0n) is 11.9. The molecule has 0 radical (unpaired) electrons. The zero-order valence-corrected chi connectivity index (χ0v) is 11.9. The molecule has 20 heavy (non-hydrogen) atoms. The molecule has 0 fully saturated rings. The Morgan fingerprint density at radius 1 is 1.30 bits per heavy atom. The first-order valence-electron chi connectivity index (χ1n) is 6.63. The molecule has 0 heterocycles. The van der Waals surface area contributed by atoms with E-state index in [2.05, 4.69) is 0 Å². The minimum Gasteiger partial charge on any atom is -0.497 e. The van der Waals surface area contributed by atoms with E-state index in [0.717, 1.165) is 12.7 Å². The van der Waals surface area contributed by atoms with Crippen molar-refractivity contribution in [2.45, 2.75) is 26.2 Å². The predicted molar refractivity (Wildman–Crippen MR) is 74.4 cm³/mol. The van der Waals surface area contributed by atoms with E-state index in [9.17, 15) is 9.59 Å². The normalized spacial score (nSPS) is 9.90. The van der Waals surface area contributed by atoms with Crippen molar-refractivity contribution in [2.75, 3.05) is 20.3 Å². The molecular formula is C15H20O5. The van der Waals surface area contributed by atoms with E-state index in [4.69, 9.17) is 14.2 Å². The second kappa shape index (κ2) is 8.96. The van der Waals surface area contributed by atoms with Gasteiger partial charge in [-0.3, -0.25) is 9.59 Å². The second-order valence-electron chi connectivity index (χ2n) is 4.13. The van der Waals surface area contributed by atoms with Gasteiger partial charge in [0.15, 0.2) is 6.29 Å². The minimum atomic E-state index is -0.189. The van der Waals surface area contributed by atoms with E-state index in [1.807, 2.05) is 0 Å². The molecule has 0 spiro atoms. The van der Waals surface area contributed by atoms with Crippen LogP contribution in [0.5, 0.6) is 11.5 Å². The highest BCUT2D eigenvalue weighted by Gasteiger charge is 2.05. The van der Waals surface area contributed by atoms with Crippen LogP contribution >= 0.6 is 0 Å². The fourth-order valence-corrected chi connectivity index (χ4v) is 1.66. The third-order valence-electron chi connectivity index (χ3n) is 2.68. The smallest absolute Gasteiger partial charge is 0.305 e. The number of hydrogen-bond acceptors (Lipinski definition) is 5. The van der Waals surface area contributed by atoms with Crippen molar-refractivity contribution in [1.82, 2.24) is 0 Å².